The quantitative estimate of drug-likeness (QED) is 0.854. The minimum absolute atomic E-state index is 0.117. The van der Waals surface area contributed by atoms with Crippen molar-refractivity contribution in [1.29, 1.82) is 5.26 Å². The standard InChI is InChI=1S/C15H20N2O2/c1-11(18)4-9-14(19)17-13-7-5-12(6-8-13)15(2,3)10-16/h5-8,11,18H,4,9H2,1-3H3,(H,17,19). The summed E-state index contributed by atoms with van der Waals surface area (Å²) in [6.45, 7) is 5.36. The first-order chi connectivity index (χ1) is 8.85. The van der Waals surface area contributed by atoms with Gasteiger partial charge < -0.3 is 10.4 Å². The van der Waals surface area contributed by atoms with E-state index in [1.807, 2.05) is 26.0 Å². The lowest BCUT2D eigenvalue weighted by Gasteiger charge is -2.16. The van der Waals surface area contributed by atoms with E-state index in [-0.39, 0.29) is 5.91 Å². The number of aliphatic hydroxyl groups excluding tert-OH is 1. The van der Waals surface area contributed by atoms with Crippen molar-refractivity contribution in [1.82, 2.24) is 0 Å². The molecular weight excluding hydrogens is 240 g/mol. The molecule has 1 aromatic rings. The molecule has 1 amide bonds. The van der Waals surface area contributed by atoms with Crippen molar-refractivity contribution in [3.63, 3.8) is 0 Å². The number of amides is 1. The Hall–Kier alpha value is -1.86. The Labute approximate surface area is 114 Å². The number of carbonyl (C=O) groups excluding carboxylic acids is 1. The number of nitrogens with zero attached hydrogens (tertiary/aromatic N) is 1. The third-order valence-corrected chi connectivity index (χ3v) is 2.96. The Morgan fingerprint density at radius 3 is 2.47 bits per heavy atom. The molecule has 102 valence electrons. The predicted molar refractivity (Wildman–Crippen MR) is 74.6 cm³/mol. The number of anilines is 1. The van der Waals surface area contributed by atoms with Crippen molar-refractivity contribution in [2.24, 2.45) is 0 Å². The summed E-state index contributed by atoms with van der Waals surface area (Å²) < 4.78 is 0. The molecule has 0 saturated carbocycles. The summed E-state index contributed by atoms with van der Waals surface area (Å²) in [4.78, 5) is 11.6. The molecule has 1 atom stereocenters. The summed E-state index contributed by atoms with van der Waals surface area (Å²) in [7, 11) is 0. The molecule has 0 aromatic heterocycles. The van der Waals surface area contributed by atoms with Crippen LogP contribution < -0.4 is 5.32 Å². The lowest BCUT2D eigenvalue weighted by atomic mass is 9.86. The van der Waals surface area contributed by atoms with Crippen molar-refractivity contribution in [3.8, 4) is 6.07 Å². The number of nitrogens with one attached hydrogen (secondary N) is 1. The molecule has 0 fully saturated rings. The molecule has 0 saturated heterocycles. The molecule has 0 heterocycles. The third-order valence-electron chi connectivity index (χ3n) is 2.96. The predicted octanol–water partition coefficient (Wildman–Crippen LogP) is 2.59. The zero-order chi connectivity index (χ0) is 14.5. The van der Waals surface area contributed by atoms with Crippen LogP contribution in [-0.4, -0.2) is 17.1 Å². The summed E-state index contributed by atoms with van der Waals surface area (Å²) in [5.41, 5.74) is 1.08. The Kier molecular flexibility index (Phi) is 5.08. The average Bonchev–Trinajstić information content (AvgIpc) is 2.37. The van der Waals surface area contributed by atoms with Gasteiger partial charge in [-0.15, -0.1) is 0 Å². The first-order valence-electron chi connectivity index (χ1n) is 6.35. The van der Waals surface area contributed by atoms with E-state index >= 15 is 0 Å². The van der Waals surface area contributed by atoms with Crippen LogP contribution in [0.25, 0.3) is 0 Å². The maximum Gasteiger partial charge on any atom is 0.224 e. The number of hydrogen-bond acceptors (Lipinski definition) is 3. The van der Waals surface area contributed by atoms with Gasteiger partial charge in [-0.25, -0.2) is 0 Å². The number of aliphatic hydroxyl groups is 1. The second-order valence-electron chi connectivity index (χ2n) is 5.25. The van der Waals surface area contributed by atoms with E-state index in [0.29, 0.717) is 18.5 Å². The van der Waals surface area contributed by atoms with Crippen LogP contribution >= 0.6 is 0 Å². The molecule has 0 radical (unpaired) electrons. The lowest BCUT2D eigenvalue weighted by molar-refractivity contribution is -0.116. The molecule has 0 aliphatic carbocycles. The summed E-state index contributed by atoms with van der Waals surface area (Å²) in [5, 5.41) is 20.9. The number of benzene rings is 1. The van der Waals surface area contributed by atoms with Gasteiger partial charge in [0.15, 0.2) is 0 Å². The minimum Gasteiger partial charge on any atom is -0.393 e. The highest BCUT2D eigenvalue weighted by molar-refractivity contribution is 5.90. The highest BCUT2D eigenvalue weighted by atomic mass is 16.3. The SMILES string of the molecule is CC(O)CCC(=O)Nc1ccc(C(C)(C)C#N)cc1. The lowest BCUT2D eigenvalue weighted by Crippen LogP contribution is -2.15. The molecule has 4 heteroatoms. The van der Waals surface area contributed by atoms with E-state index in [0.717, 1.165) is 5.56 Å². The van der Waals surface area contributed by atoms with Gasteiger partial charge in [0, 0.05) is 12.1 Å². The van der Waals surface area contributed by atoms with Crippen molar-refractivity contribution in [2.75, 3.05) is 5.32 Å². The normalized spacial score (nSPS) is 12.6. The second-order valence-corrected chi connectivity index (χ2v) is 5.25. The van der Waals surface area contributed by atoms with E-state index in [9.17, 15) is 4.79 Å². The first-order valence-corrected chi connectivity index (χ1v) is 6.35. The monoisotopic (exact) mass is 260 g/mol. The second kappa shape index (κ2) is 6.35. The maximum absolute atomic E-state index is 11.6. The van der Waals surface area contributed by atoms with Gasteiger partial charge in [-0.1, -0.05) is 12.1 Å². The fraction of sp³-hybridized carbons (Fsp3) is 0.467. The van der Waals surface area contributed by atoms with E-state index in [4.69, 9.17) is 10.4 Å². The summed E-state index contributed by atoms with van der Waals surface area (Å²) in [6, 6.07) is 9.49. The van der Waals surface area contributed by atoms with Gasteiger partial charge in [0.2, 0.25) is 5.91 Å². The fourth-order valence-corrected chi connectivity index (χ4v) is 1.60. The van der Waals surface area contributed by atoms with Crippen LogP contribution in [0.3, 0.4) is 0 Å². The number of nitriles is 1. The van der Waals surface area contributed by atoms with E-state index in [1.54, 1.807) is 19.1 Å². The van der Waals surface area contributed by atoms with Crippen molar-refractivity contribution < 1.29 is 9.90 Å². The number of carbonyl (C=O) groups is 1. The minimum atomic E-state index is -0.533. The van der Waals surface area contributed by atoms with E-state index in [1.165, 1.54) is 0 Å². The molecule has 1 rings (SSSR count). The zero-order valence-electron chi connectivity index (χ0n) is 11.6. The molecule has 0 aliphatic rings. The Bertz CT molecular complexity index is 470. The highest BCUT2D eigenvalue weighted by Gasteiger charge is 2.19. The number of rotatable bonds is 5. The molecule has 19 heavy (non-hydrogen) atoms. The molecule has 1 unspecified atom stereocenters. The van der Waals surface area contributed by atoms with Crippen LogP contribution in [-0.2, 0) is 10.2 Å². The van der Waals surface area contributed by atoms with Gasteiger partial charge in [0.1, 0.15) is 0 Å². The average molecular weight is 260 g/mol. The van der Waals surface area contributed by atoms with Gasteiger partial charge in [0.25, 0.3) is 0 Å². The van der Waals surface area contributed by atoms with Crippen molar-refractivity contribution >= 4 is 11.6 Å². The van der Waals surface area contributed by atoms with Gasteiger partial charge >= 0.3 is 0 Å². The molecule has 2 N–H and O–H groups in total. The van der Waals surface area contributed by atoms with Gasteiger partial charge in [-0.05, 0) is 44.9 Å². The van der Waals surface area contributed by atoms with Crippen LogP contribution in [0.5, 0.6) is 0 Å². The Morgan fingerprint density at radius 1 is 1.42 bits per heavy atom. The maximum atomic E-state index is 11.6. The largest absolute Gasteiger partial charge is 0.393 e. The van der Waals surface area contributed by atoms with E-state index in [2.05, 4.69) is 11.4 Å². The van der Waals surface area contributed by atoms with Gasteiger partial charge in [-0.3, -0.25) is 4.79 Å². The molecule has 0 spiro atoms. The summed E-state index contributed by atoms with van der Waals surface area (Å²) >= 11 is 0. The van der Waals surface area contributed by atoms with Gasteiger partial charge in [0.05, 0.1) is 17.6 Å². The van der Waals surface area contributed by atoms with E-state index < -0.39 is 11.5 Å². The molecule has 0 bridgehead atoms. The van der Waals surface area contributed by atoms with Crippen molar-refractivity contribution in [2.45, 2.75) is 45.1 Å². The molecular formula is C15H20N2O2. The summed E-state index contributed by atoms with van der Waals surface area (Å²) in [5.74, 6) is -0.117. The third kappa shape index (κ3) is 4.72. The molecule has 0 aliphatic heterocycles. The van der Waals surface area contributed by atoms with Crippen molar-refractivity contribution in [3.05, 3.63) is 29.8 Å². The van der Waals surface area contributed by atoms with Crippen LogP contribution in [0.2, 0.25) is 0 Å². The highest BCUT2D eigenvalue weighted by Crippen LogP contribution is 2.23. The topological polar surface area (TPSA) is 73.1 Å². The smallest absolute Gasteiger partial charge is 0.224 e. The molecule has 1 aromatic carbocycles. The number of hydrogen-bond donors (Lipinski definition) is 2. The van der Waals surface area contributed by atoms with Crippen LogP contribution in [0.4, 0.5) is 5.69 Å². The van der Waals surface area contributed by atoms with Crippen LogP contribution in [0, 0.1) is 11.3 Å². The molecule has 4 nitrogen and oxygen atoms in total. The Morgan fingerprint density at radius 2 is 2.00 bits per heavy atom. The van der Waals surface area contributed by atoms with Crippen LogP contribution in [0.1, 0.15) is 39.2 Å². The zero-order valence-corrected chi connectivity index (χ0v) is 11.6. The summed E-state index contributed by atoms with van der Waals surface area (Å²) in [6.07, 6.45) is 0.277. The first kappa shape index (κ1) is 15.2. The van der Waals surface area contributed by atoms with Crippen LogP contribution in [0.15, 0.2) is 24.3 Å². The fourth-order valence-electron chi connectivity index (χ4n) is 1.60. The Balaban J connectivity index is 2.63. The van der Waals surface area contributed by atoms with Gasteiger partial charge in [-0.2, -0.15) is 5.26 Å².